The van der Waals surface area contributed by atoms with Crippen LogP contribution < -0.4 is 4.90 Å². The number of hydrogen-bond acceptors (Lipinski definition) is 7. The zero-order valence-electron chi connectivity index (χ0n) is 19.1. The molecule has 1 aromatic carbocycles. The SMILES string of the molecule is CN(C)c1ccccc1N=C1SCC2(CCCC2)CN1C(=S)SCC(=O)OC(C)(C)C. The molecular weight excluding hydrogens is 446 g/mol. The van der Waals surface area contributed by atoms with Gasteiger partial charge in [-0.1, -0.05) is 60.7 Å². The summed E-state index contributed by atoms with van der Waals surface area (Å²) < 4.78 is 6.15. The molecule has 1 aliphatic heterocycles. The predicted octanol–water partition coefficient (Wildman–Crippen LogP) is 5.71. The molecule has 0 atom stereocenters. The number of esters is 1. The average molecular weight is 480 g/mol. The Labute approximate surface area is 200 Å². The molecule has 31 heavy (non-hydrogen) atoms. The number of thiocarbonyl (C=S) groups is 1. The zero-order chi connectivity index (χ0) is 22.6. The Balaban J connectivity index is 1.81. The number of carbonyl (C=O) groups excluding carboxylic acids is 1. The number of para-hydroxylation sites is 2. The Morgan fingerprint density at radius 3 is 2.61 bits per heavy atom. The van der Waals surface area contributed by atoms with Crippen molar-refractivity contribution in [1.82, 2.24) is 4.90 Å². The third-order valence-electron chi connectivity index (χ3n) is 5.43. The van der Waals surface area contributed by atoms with Crippen LogP contribution in [0.3, 0.4) is 0 Å². The van der Waals surface area contributed by atoms with Crippen LogP contribution in [0.4, 0.5) is 11.4 Å². The normalized spacial score (nSPS) is 19.6. The van der Waals surface area contributed by atoms with Crippen molar-refractivity contribution in [2.45, 2.75) is 52.1 Å². The first kappa shape index (κ1) is 24.4. The van der Waals surface area contributed by atoms with Gasteiger partial charge in [0.1, 0.15) is 9.92 Å². The molecule has 1 aromatic rings. The van der Waals surface area contributed by atoms with E-state index in [-0.39, 0.29) is 11.7 Å². The van der Waals surface area contributed by atoms with E-state index in [0.717, 1.165) is 28.8 Å². The fourth-order valence-electron chi connectivity index (χ4n) is 4.02. The van der Waals surface area contributed by atoms with Gasteiger partial charge in [-0.3, -0.25) is 4.79 Å². The highest BCUT2D eigenvalue weighted by Gasteiger charge is 2.42. The number of anilines is 1. The lowest BCUT2D eigenvalue weighted by molar-refractivity contribution is -0.151. The molecule has 8 heteroatoms. The van der Waals surface area contributed by atoms with Crippen molar-refractivity contribution in [1.29, 1.82) is 0 Å². The Morgan fingerprint density at radius 1 is 1.29 bits per heavy atom. The Bertz CT molecular complexity index is 843. The van der Waals surface area contributed by atoms with Crippen LogP contribution in [-0.4, -0.2) is 58.1 Å². The highest BCUT2D eigenvalue weighted by atomic mass is 32.2. The summed E-state index contributed by atoms with van der Waals surface area (Å²) in [5.41, 5.74) is 1.81. The van der Waals surface area contributed by atoms with Gasteiger partial charge in [0.25, 0.3) is 0 Å². The van der Waals surface area contributed by atoms with Gasteiger partial charge in [0.05, 0.1) is 17.1 Å². The van der Waals surface area contributed by atoms with Crippen molar-refractivity contribution < 1.29 is 9.53 Å². The van der Waals surface area contributed by atoms with Crippen LogP contribution in [0, 0.1) is 5.41 Å². The van der Waals surface area contributed by atoms with Gasteiger partial charge in [-0.2, -0.15) is 0 Å². The average Bonchev–Trinajstić information content (AvgIpc) is 3.14. The maximum Gasteiger partial charge on any atom is 0.316 e. The second-order valence-corrected chi connectivity index (χ2v) is 12.1. The minimum Gasteiger partial charge on any atom is -0.459 e. The molecule has 3 rings (SSSR count). The summed E-state index contributed by atoms with van der Waals surface area (Å²) in [6, 6.07) is 8.15. The van der Waals surface area contributed by atoms with E-state index in [1.807, 2.05) is 53.1 Å². The number of aliphatic imine (C=N–C) groups is 1. The van der Waals surface area contributed by atoms with Crippen LogP contribution >= 0.6 is 35.7 Å². The summed E-state index contributed by atoms with van der Waals surface area (Å²) in [6.45, 7) is 6.52. The summed E-state index contributed by atoms with van der Waals surface area (Å²) in [5.74, 6) is 1.05. The topological polar surface area (TPSA) is 45.1 Å². The van der Waals surface area contributed by atoms with E-state index >= 15 is 0 Å². The van der Waals surface area contributed by atoms with Crippen LogP contribution in [0.5, 0.6) is 0 Å². The molecule has 0 aromatic heterocycles. The highest BCUT2D eigenvalue weighted by molar-refractivity contribution is 8.23. The number of nitrogens with zero attached hydrogens (tertiary/aromatic N) is 3. The summed E-state index contributed by atoms with van der Waals surface area (Å²) in [6.07, 6.45) is 5.03. The monoisotopic (exact) mass is 479 g/mol. The second kappa shape index (κ2) is 10.1. The first-order valence-corrected chi connectivity index (χ1v) is 13.1. The number of amidine groups is 1. The van der Waals surface area contributed by atoms with E-state index < -0.39 is 5.60 Å². The fraction of sp³-hybridized carbons (Fsp3) is 0.609. The van der Waals surface area contributed by atoms with Crippen molar-refractivity contribution in [2.75, 3.05) is 37.0 Å². The molecule has 2 aliphatic rings. The molecule has 5 nitrogen and oxygen atoms in total. The lowest BCUT2D eigenvalue weighted by atomic mass is 9.88. The molecule has 0 unspecified atom stereocenters. The number of carbonyl (C=O) groups is 1. The van der Waals surface area contributed by atoms with E-state index in [2.05, 4.69) is 15.9 Å². The fourth-order valence-corrected chi connectivity index (χ4v) is 6.36. The van der Waals surface area contributed by atoms with Gasteiger partial charge in [-0.25, -0.2) is 4.99 Å². The van der Waals surface area contributed by atoms with Crippen LogP contribution in [-0.2, 0) is 9.53 Å². The molecule has 2 fully saturated rings. The minimum absolute atomic E-state index is 0.214. The van der Waals surface area contributed by atoms with Crippen LogP contribution in [0.25, 0.3) is 0 Å². The smallest absolute Gasteiger partial charge is 0.316 e. The van der Waals surface area contributed by atoms with E-state index in [4.69, 9.17) is 21.9 Å². The molecule has 170 valence electrons. The molecule has 0 N–H and O–H groups in total. The maximum atomic E-state index is 12.2. The van der Waals surface area contributed by atoms with Crippen molar-refractivity contribution in [3.05, 3.63) is 24.3 Å². The summed E-state index contributed by atoms with van der Waals surface area (Å²) in [4.78, 5) is 21.5. The van der Waals surface area contributed by atoms with Crippen molar-refractivity contribution in [3.63, 3.8) is 0 Å². The van der Waals surface area contributed by atoms with E-state index in [1.165, 1.54) is 37.4 Å². The zero-order valence-corrected chi connectivity index (χ0v) is 21.6. The number of ether oxygens (including phenoxy) is 1. The molecule has 1 spiro atoms. The quantitative estimate of drug-likeness (QED) is 0.405. The highest BCUT2D eigenvalue weighted by Crippen LogP contribution is 2.46. The summed E-state index contributed by atoms with van der Waals surface area (Å²) in [7, 11) is 4.05. The lowest BCUT2D eigenvalue weighted by Crippen LogP contribution is -2.47. The first-order chi connectivity index (χ1) is 14.6. The molecule has 1 heterocycles. The second-order valence-electron chi connectivity index (χ2n) is 9.50. The summed E-state index contributed by atoms with van der Waals surface area (Å²) in [5, 5.41) is 0.925. The third kappa shape index (κ3) is 6.62. The van der Waals surface area contributed by atoms with Gasteiger partial charge in [0.2, 0.25) is 0 Å². The first-order valence-electron chi connectivity index (χ1n) is 10.7. The standard InChI is InChI=1S/C23H33N3O2S3/c1-22(2,3)28-19(27)14-30-21(29)26-15-23(12-8-9-13-23)16-31-20(26)24-17-10-6-7-11-18(17)25(4)5/h6-7,10-11H,8-9,12-16H2,1-5H3. The van der Waals surface area contributed by atoms with Gasteiger partial charge in [-0.05, 0) is 51.2 Å². The number of rotatable bonds is 4. The van der Waals surface area contributed by atoms with Gasteiger partial charge in [0.15, 0.2) is 5.17 Å². The van der Waals surface area contributed by atoms with E-state index in [0.29, 0.717) is 9.74 Å². The van der Waals surface area contributed by atoms with Crippen LogP contribution in [0.1, 0.15) is 46.5 Å². The predicted molar refractivity (Wildman–Crippen MR) is 139 cm³/mol. The van der Waals surface area contributed by atoms with Gasteiger partial charge in [0, 0.05) is 26.4 Å². The van der Waals surface area contributed by atoms with E-state index in [9.17, 15) is 4.79 Å². The molecule has 0 amide bonds. The Morgan fingerprint density at radius 2 is 1.97 bits per heavy atom. The molecule has 1 saturated carbocycles. The van der Waals surface area contributed by atoms with Gasteiger partial charge < -0.3 is 14.5 Å². The molecular formula is C23H33N3O2S3. The van der Waals surface area contributed by atoms with E-state index in [1.54, 1.807) is 11.8 Å². The Kier molecular flexibility index (Phi) is 7.97. The van der Waals surface area contributed by atoms with Crippen molar-refractivity contribution in [3.8, 4) is 0 Å². The lowest BCUT2D eigenvalue weighted by Gasteiger charge is -2.41. The molecule has 0 radical (unpaired) electrons. The summed E-state index contributed by atoms with van der Waals surface area (Å²) >= 11 is 8.98. The van der Waals surface area contributed by atoms with Gasteiger partial charge in [-0.15, -0.1) is 0 Å². The van der Waals surface area contributed by atoms with Crippen LogP contribution in [0.2, 0.25) is 0 Å². The third-order valence-corrected chi connectivity index (χ3v) is 8.18. The number of thioether (sulfide) groups is 2. The molecule has 1 saturated heterocycles. The van der Waals surface area contributed by atoms with Crippen LogP contribution in [0.15, 0.2) is 29.3 Å². The minimum atomic E-state index is -0.489. The van der Waals surface area contributed by atoms with Crippen molar-refractivity contribution >= 4 is 62.6 Å². The Hall–Kier alpha value is -1.25. The van der Waals surface area contributed by atoms with Crippen molar-refractivity contribution in [2.24, 2.45) is 10.4 Å². The molecule has 1 aliphatic carbocycles. The largest absolute Gasteiger partial charge is 0.459 e. The number of benzene rings is 1. The number of hydrogen-bond donors (Lipinski definition) is 0. The van der Waals surface area contributed by atoms with Gasteiger partial charge >= 0.3 is 5.97 Å². The molecule has 0 bridgehead atoms. The maximum absolute atomic E-state index is 12.2.